The van der Waals surface area contributed by atoms with E-state index in [4.69, 9.17) is 0 Å². The molecule has 2 aromatic carbocycles. The number of nitrogens with one attached hydrogen (secondary N) is 2. The number of hydrogen-bond acceptors (Lipinski definition) is 3. The Hall–Kier alpha value is -3.29. The molecule has 1 amide bonds. The summed E-state index contributed by atoms with van der Waals surface area (Å²) < 4.78 is 41.5. The van der Waals surface area contributed by atoms with E-state index in [1.807, 2.05) is 6.07 Å². The van der Waals surface area contributed by atoms with Crippen LogP contribution in [0.25, 0.3) is 11.1 Å². The van der Waals surface area contributed by atoms with E-state index in [1.165, 1.54) is 18.2 Å². The number of alkyl halides is 3. The minimum absolute atomic E-state index is 0.0617. The molecule has 1 aromatic heterocycles. The normalized spacial score (nSPS) is 13.9. The van der Waals surface area contributed by atoms with E-state index in [-0.39, 0.29) is 18.1 Å². The van der Waals surface area contributed by atoms with Crippen LogP contribution >= 0.6 is 0 Å². The second-order valence-corrected chi connectivity index (χ2v) is 6.94. The van der Waals surface area contributed by atoms with Crippen LogP contribution in [0.3, 0.4) is 0 Å². The third-order valence-corrected chi connectivity index (χ3v) is 4.63. The summed E-state index contributed by atoms with van der Waals surface area (Å²) in [5.41, 5.74) is 2.90. The summed E-state index contributed by atoms with van der Waals surface area (Å²) in [6, 6.07) is 14.6. The topological polar surface area (TPSA) is 67.0 Å². The molecule has 1 saturated carbocycles. The van der Waals surface area contributed by atoms with E-state index >= 15 is 0 Å². The van der Waals surface area contributed by atoms with E-state index in [1.54, 1.807) is 30.3 Å². The van der Waals surface area contributed by atoms with Gasteiger partial charge in [-0.15, -0.1) is 13.2 Å². The summed E-state index contributed by atoms with van der Waals surface area (Å²) in [7, 11) is 0. The van der Waals surface area contributed by atoms with Gasteiger partial charge in [0.25, 0.3) is 0 Å². The Morgan fingerprint density at radius 2 is 1.93 bits per heavy atom. The highest BCUT2D eigenvalue weighted by Crippen LogP contribution is 2.39. The molecule has 0 spiro atoms. The monoisotopic (exact) mass is 401 g/mol. The van der Waals surface area contributed by atoms with Gasteiger partial charge < -0.3 is 10.1 Å². The minimum Gasteiger partial charge on any atom is -0.406 e. The summed E-state index contributed by atoms with van der Waals surface area (Å²) in [5.74, 6) is 0.405. The standard InChI is InChI=1S/C21H18F3N3O2/c22-21(23,24)29-16-6-3-5-14(10-16)17-7-2-1-4-15(17)11-20(28)25-19-12-18(26-27-19)13-8-9-13/h1-7,10,12-13H,8-9,11H2,(H2,25,26,27,28). The maximum Gasteiger partial charge on any atom is 0.573 e. The van der Waals surface area contributed by atoms with Crippen LogP contribution in [-0.4, -0.2) is 22.5 Å². The minimum atomic E-state index is -4.76. The summed E-state index contributed by atoms with van der Waals surface area (Å²) in [6.07, 6.45) is -2.45. The molecule has 1 aliphatic carbocycles. The Morgan fingerprint density at radius 1 is 1.14 bits per heavy atom. The Labute approximate surface area is 164 Å². The van der Waals surface area contributed by atoms with Gasteiger partial charge in [0.1, 0.15) is 5.75 Å². The van der Waals surface area contributed by atoms with Gasteiger partial charge in [-0.05, 0) is 41.7 Å². The highest BCUT2D eigenvalue weighted by atomic mass is 19.4. The number of carbonyl (C=O) groups is 1. The fraction of sp³-hybridized carbons (Fsp3) is 0.238. The predicted octanol–water partition coefficient (Wildman–Crippen LogP) is 5.03. The van der Waals surface area contributed by atoms with Gasteiger partial charge in [0.15, 0.2) is 5.82 Å². The molecular weight excluding hydrogens is 383 g/mol. The van der Waals surface area contributed by atoms with Crippen molar-refractivity contribution in [2.24, 2.45) is 0 Å². The second-order valence-electron chi connectivity index (χ2n) is 6.94. The number of aromatic amines is 1. The van der Waals surface area contributed by atoms with Gasteiger partial charge in [-0.2, -0.15) is 5.10 Å². The first kappa shape index (κ1) is 19.0. The fourth-order valence-electron chi connectivity index (χ4n) is 3.18. The van der Waals surface area contributed by atoms with Crippen LogP contribution in [0, 0.1) is 0 Å². The van der Waals surface area contributed by atoms with Crippen molar-refractivity contribution in [1.29, 1.82) is 0 Å². The zero-order valence-electron chi connectivity index (χ0n) is 15.3. The molecule has 150 valence electrons. The molecule has 0 bridgehead atoms. The molecule has 0 saturated heterocycles. The van der Waals surface area contributed by atoms with Gasteiger partial charge in [-0.1, -0.05) is 36.4 Å². The number of aromatic nitrogens is 2. The zero-order valence-corrected chi connectivity index (χ0v) is 15.3. The Kier molecular flexibility index (Phi) is 5.00. The maximum absolute atomic E-state index is 12.5. The highest BCUT2D eigenvalue weighted by Gasteiger charge is 2.31. The van der Waals surface area contributed by atoms with Gasteiger partial charge in [-0.3, -0.25) is 9.89 Å². The van der Waals surface area contributed by atoms with Crippen LogP contribution in [-0.2, 0) is 11.2 Å². The van der Waals surface area contributed by atoms with Crippen LogP contribution in [0.4, 0.5) is 19.0 Å². The SMILES string of the molecule is O=C(Cc1ccccc1-c1cccc(OC(F)(F)F)c1)Nc1cc(C2CC2)[nH]n1. The molecule has 2 N–H and O–H groups in total. The molecule has 8 heteroatoms. The molecule has 0 unspecified atom stereocenters. The lowest BCUT2D eigenvalue weighted by Crippen LogP contribution is -2.17. The Morgan fingerprint density at radius 3 is 2.69 bits per heavy atom. The summed E-state index contributed by atoms with van der Waals surface area (Å²) in [4.78, 5) is 12.5. The number of nitrogens with zero attached hydrogens (tertiary/aromatic N) is 1. The number of amides is 1. The molecular formula is C21H18F3N3O2. The van der Waals surface area contributed by atoms with Crippen molar-refractivity contribution < 1.29 is 22.7 Å². The van der Waals surface area contributed by atoms with Crippen LogP contribution < -0.4 is 10.1 Å². The van der Waals surface area contributed by atoms with Crippen molar-refractivity contribution in [2.75, 3.05) is 5.32 Å². The van der Waals surface area contributed by atoms with Gasteiger partial charge in [0.05, 0.1) is 6.42 Å². The number of ether oxygens (including phenoxy) is 1. The van der Waals surface area contributed by atoms with E-state index < -0.39 is 6.36 Å². The first-order valence-corrected chi connectivity index (χ1v) is 9.16. The van der Waals surface area contributed by atoms with Crippen molar-refractivity contribution in [3.05, 3.63) is 65.9 Å². The summed E-state index contributed by atoms with van der Waals surface area (Å²) in [5, 5.41) is 9.79. The maximum atomic E-state index is 12.5. The van der Waals surface area contributed by atoms with Gasteiger partial charge in [-0.25, -0.2) is 0 Å². The number of benzene rings is 2. The van der Waals surface area contributed by atoms with E-state index in [9.17, 15) is 18.0 Å². The predicted molar refractivity (Wildman–Crippen MR) is 101 cm³/mol. The number of anilines is 1. The number of hydrogen-bond donors (Lipinski definition) is 2. The molecule has 1 aliphatic rings. The number of H-pyrrole nitrogens is 1. The lowest BCUT2D eigenvalue weighted by Gasteiger charge is -2.12. The van der Waals surface area contributed by atoms with Gasteiger partial charge in [0.2, 0.25) is 5.91 Å². The smallest absolute Gasteiger partial charge is 0.406 e. The lowest BCUT2D eigenvalue weighted by atomic mass is 9.97. The van der Waals surface area contributed by atoms with Crippen molar-refractivity contribution in [2.45, 2.75) is 31.5 Å². The molecule has 5 nitrogen and oxygen atoms in total. The summed E-state index contributed by atoms with van der Waals surface area (Å²) in [6.45, 7) is 0. The van der Waals surface area contributed by atoms with Crippen molar-refractivity contribution in [3.8, 4) is 16.9 Å². The molecule has 1 fully saturated rings. The average molecular weight is 401 g/mol. The fourth-order valence-corrected chi connectivity index (χ4v) is 3.18. The molecule has 1 heterocycles. The van der Waals surface area contributed by atoms with Crippen molar-refractivity contribution in [3.63, 3.8) is 0 Å². The van der Waals surface area contributed by atoms with Crippen LogP contribution in [0.15, 0.2) is 54.6 Å². The first-order valence-electron chi connectivity index (χ1n) is 9.16. The lowest BCUT2D eigenvalue weighted by molar-refractivity contribution is -0.274. The quantitative estimate of drug-likeness (QED) is 0.609. The first-order chi connectivity index (χ1) is 13.9. The number of rotatable bonds is 6. The summed E-state index contributed by atoms with van der Waals surface area (Å²) >= 11 is 0. The molecule has 0 atom stereocenters. The van der Waals surface area contributed by atoms with Gasteiger partial charge >= 0.3 is 6.36 Å². The molecule has 4 rings (SSSR count). The van der Waals surface area contributed by atoms with E-state index in [2.05, 4.69) is 20.3 Å². The average Bonchev–Trinajstić information content (AvgIpc) is 3.41. The molecule has 0 aliphatic heterocycles. The molecule has 29 heavy (non-hydrogen) atoms. The Bertz CT molecular complexity index is 1030. The third-order valence-electron chi connectivity index (χ3n) is 4.63. The third kappa shape index (κ3) is 4.96. The Balaban J connectivity index is 1.50. The van der Waals surface area contributed by atoms with Crippen molar-refractivity contribution >= 4 is 11.7 Å². The zero-order chi connectivity index (χ0) is 20.4. The van der Waals surface area contributed by atoms with Gasteiger partial charge in [0, 0.05) is 17.7 Å². The molecule has 3 aromatic rings. The van der Waals surface area contributed by atoms with E-state index in [0.717, 1.165) is 18.5 Å². The van der Waals surface area contributed by atoms with Crippen LogP contribution in [0.2, 0.25) is 0 Å². The highest BCUT2D eigenvalue weighted by molar-refractivity contribution is 5.92. The largest absolute Gasteiger partial charge is 0.573 e. The van der Waals surface area contributed by atoms with Crippen LogP contribution in [0.1, 0.15) is 30.0 Å². The number of halogens is 3. The second kappa shape index (κ2) is 7.62. The van der Waals surface area contributed by atoms with Crippen LogP contribution in [0.5, 0.6) is 5.75 Å². The van der Waals surface area contributed by atoms with Crippen molar-refractivity contribution in [1.82, 2.24) is 10.2 Å². The molecule has 0 radical (unpaired) electrons. The number of carbonyl (C=O) groups excluding carboxylic acids is 1. The van der Waals surface area contributed by atoms with E-state index in [0.29, 0.717) is 28.4 Å².